The number of halogens is 2. The molecule has 1 heterocycles. The molecule has 0 spiro atoms. The van der Waals surface area contributed by atoms with Crippen molar-refractivity contribution in [2.75, 3.05) is 19.8 Å². The molecule has 1 aliphatic rings. The summed E-state index contributed by atoms with van der Waals surface area (Å²) >= 11 is 0. The molecule has 4 nitrogen and oxygen atoms in total. The van der Waals surface area contributed by atoms with Gasteiger partial charge in [0.05, 0.1) is 6.04 Å². The molecule has 1 atom stereocenters. The Morgan fingerprint density at radius 3 is 2.52 bits per heavy atom. The Kier molecular flexibility index (Phi) is 6.06. The fourth-order valence-electron chi connectivity index (χ4n) is 3.55. The van der Waals surface area contributed by atoms with Gasteiger partial charge in [0.2, 0.25) is 0 Å². The molecule has 0 aromatic heterocycles. The molecule has 2 aromatic carbocycles. The third-order valence-corrected chi connectivity index (χ3v) is 5.20. The van der Waals surface area contributed by atoms with Crippen molar-refractivity contribution in [3.8, 4) is 0 Å². The summed E-state index contributed by atoms with van der Waals surface area (Å²) in [7, 11) is 0. The van der Waals surface area contributed by atoms with E-state index in [-0.39, 0.29) is 17.0 Å². The van der Waals surface area contributed by atoms with E-state index in [1.807, 2.05) is 18.2 Å². The maximum absolute atomic E-state index is 13.9. The average molecular weight is 374 g/mol. The van der Waals surface area contributed by atoms with E-state index in [0.29, 0.717) is 19.8 Å². The number of nitrogens with one attached hydrogen (secondary N) is 2. The largest absolute Gasteiger partial charge is 0.381 e. The van der Waals surface area contributed by atoms with Crippen molar-refractivity contribution >= 4 is 6.03 Å². The van der Waals surface area contributed by atoms with Crippen molar-refractivity contribution in [2.24, 2.45) is 0 Å². The van der Waals surface area contributed by atoms with Crippen LogP contribution in [0.15, 0.2) is 48.5 Å². The molecule has 3 rings (SSSR count). The normalized spacial score (nSPS) is 17.1. The predicted octanol–water partition coefficient (Wildman–Crippen LogP) is 4.07. The van der Waals surface area contributed by atoms with Gasteiger partial charge in [0.15, 0.2) is 0 Å². The molecule has 2 N–H and O–H groups in total. The van der Waals surface area contributed by atoms with Crippen LogP contribution in [0.2, 0.25) is 0 Å². The smallest absolute Gasteiger partial charge is 0.315 e. The van der Waals surface area contributed by atoms with Crippen molar-refractivity contribution in [1.82, 2.24) is 10.6 Å². The van der Waals surface area contributed by atoms with E-state index in [2.05, 4.69) is 22.8 Å². The first-order valence-corrected chi connectivity index (χ1v) is 9.13. The summed E-state index contributed by atoms with van der Waals surface area (Å²) in [6.45, 7) is 3.42. The van der Waals surface area contributed by atoms with E-state index in [0.717, 1.165) is 18.9 Å². The van der Waals surface area contributed by atoms with E-state index in [1.54, 1.807) is 6.92 Å². The van der Waals surface area contributed by atoms with E-state index in [1.165, 1.54) is 17.7 Å². The number of benzene rings is 2. The van der Waals surface area contributed by atoms with Crippen molar-refractivity contribution < 1.29 is 18.3 Å². The standard InChI is InChI=1S/C21H24F2N2O2/c1-15(18-8-7-17(22)13-19(18)23)25-20(26)24-14-21(9-11-27-12-10-21)16-5-3-2-4-6-16/h2-8,13,15H,9-12,14H2,1H3,(H2,24,25,26). The van der Waals surface area contributed by atoms with Gasteiger partial charge in [-0.15, -0.1) is 0 Å². The first-order chi connectivity index (χ1) is 13.0. The van der Waals surface area contributed by atoms with Crippen molar-refractivity contribution in [3.05, 3.63) is 71.3 Å². The molecule has 144 valence electrons. The number of urea groups is 1. The predicted molar refractivity (Wildman–Crippen MR) is 99.5 cm³/mol. The molecule has 0 aliphatic carbocycles. The lowest BCUT2D eigenvalue weighted by atomic mass is 9.74. The number of hydrogen-bond donors (Lipinski definition) is 2. The van der Waals surface area contributed by atoms with Gasteiger partial charge >= 0.3 is 6.03 Å². The van der Waals surface area contributed by atoms with E-state index in [9.17, 15) is 13.6 Å². The Labute approximate surface area is 157 Å². The van der Waals surface area contributed by atoms with E-state index >= 15 is 0 Å². The monoisotopic (exact) mass is 374 g/mol. The molecule has 27 heavy (non-hydrogen) atoms. The summed E-state index contributed by atoms with van der Waals surface area (Å²) < 4.78 is 32.4. The second-order valence-electron chi connectivity index (χ2n) is 6.97. The second-order valence-corrected chi connectivity index (χ2v) is 6.97. The lowest BCUT2D eigenvalue weighted by molar-refractivity contribution is 0.0506. The Balaban J connectivity index is 1.64. The summed E-state index contributed by atoms with van der Waals surface area (Å²) in [4.78, 5) is 12.4. The van der Waals surface area contributed by atoms with Gasteiger partial charge in [-0.3, -0.25) is 0 Å². The molecular formula is C21H24F2N2O2. The second kappa shape index (κ2) is 8.48. The van der Waals surface area contributed by atoms with Crippen molar-refractivity contribution in [1.29, 1.82) is 0 Å². The van der Waals surface area contributed by atoms with Crippen LogP contribution in [-0.4, -0.2) is 25.8 Å². The number of ether oxygens (including phenoxy) is 1. The maximum atomic E-state index is 13.9. The quantitative estimate of drug-likeness (QED) is 0.829. The summed E-state index contributed by atoms with van der Waals surface area (Å²) in [5.74, 6) is -1.31. The molecule has 0 bridgehead atoms. The summed E-state index contributed by atoms with van der Waals surface area (Å²) in [6.07, 6.45) is 1.64. The van der Waals surface area contributed by atoms with Crippen LogP contribution in [0.1, 0.15) is 36.9 Å². The van der Waals surface area contributed by atoms with Gasteiger partial charge in [-0.05, 0) is 31.4 Å². The van der Waals surface area contributed by atoms with Gasteiger partial charge < -0.3 is 15.4 Å². The fourth-order valence-corrected chi connectivity index (χ4v) is 3.55. The van der Waals surface area contributed by atoms with Crippen LogP contribution in [0, 0.1) is 11.6 Å². The minimum atomic E-state index is -0.673. The number of hydrogen-bond acceptors (Lipinski definition) is 2. The molecule has 1 saturated heterocycles. The van der Waals surface area contributed by atoms with Gasteiger partial charge in [-0.2, -0.15) is 0 Å². The van der Waals surface area contributed by atoms with Crippen LogP contribution in [0.3, 0.4) is 0 Å². The molecule has 1 aliphatic heterocycles. The zero-order chi connectivity index (χ0) is 19.3. The topological polar surface area (TPSA) is 50.4 Å². The van der Waals surface area contributed by atoms with Crippen LogP contribution < -0.4 is 10.6 Å². The fraction of sp³-hybridized carbons (Fsp3) is 0.381. The first kappa shape index (κ1) is 19.3. The van der Waals surface area contributed by atoms with Crippen LogP contribution in [0.5, 0.6) is 0 Å². The Hall–Kier alpha value is -2.47. The Bertz CT molecular complexity index is 777. The number of rotatable bonds is 5. The highest BCUT2D eigenvalue weighted by Crippen LogP contribution is 2.34. The average Bonchev–Trinajstić information content (AvgIpc) is 2.68. The number of carbonyl (C=O) groups is 1. The molecule has 1 unspecified atom stereocenters. The van der Waals surface area contributed by atoms with Gasteiger partial charge in [0.1, 0.15) is 11.6 Å². The maximum Gasteiger partial charge on any atom is 0.315 e. The summed E-state index contributed by atoms with van der Waals surface area (Å²) in [5, 5.41) is 5.64. The molecule has 2 aromatic rings. The minimum absolute atomic E-state index is 0.179. The Morgan fingerprint density at radius 2 is 1.85 bits per heavy atom. The van der Waals surface area contributed by atoms with Crippen LogP contribution >= 0.6 is 0 Å². The molecule has 2 amide bonds. The van der Waals surface area contributed by atoms with Gasteiger partial charge in [-0.25, -0.2) is 13.6 Å². The van der Waals surface area contributed by atoms with Gasteiger partial charge in [0.25, 0.3) is 0 Å². The first-order valence-electron chi connectivity index (χ1n) is 9.13. The number of carbonyl (C=O) groups excluding carboxylic acids is 1. The highest BCUT2D eigenvalue weighted by atomic mass is 19.1. The lowest BCUT2D eigenvalue weighted by Gasteiger charge is -2.38. The summed E-state index contributed by atoms with van der Waals surface area (Å²) in [6, 6.07) is 12.5. The van der Waals surface area contributed by atoms with Gasteiger partial charge in [0, 0.05) is 36.8 Å². The lowest BCUT2D eigenvalue weighted by Crippen LogP contribution is -2.47. The number of amides is 2. The zero-order valence-electron chi connectivity index (χ0n) is 15.3. The highest BCUT2D eigenvalue weighted by molar-refractivity contribution is 5.74. The van der Waals surface area contributed by atoms with Crippen LogP contribution in [0.4, 0.5) is 13.6 Å². The van der Waals surface area contributed by atoms with E-state index < -0.39 is 17.7 Å². The molecule has 0 radical (unpaired) electrons. The van der Waals surface area contributed by atoms with Crippen LogP contribution in [0.25, 0.3) is 0 Å². The van der Waals surface area contributed by atoms with Crippen molar-refractivity contribution in [2.45, 2.75) is 31.2 Å². The van der Waals surface area contributed by atoms with Crippen molar-refractivity contribution in [3.63, 3.8) is 0 Å². The Morgan fingerprint density at radius 1 is 1.15 bits per heavy atom. The minimum Gasteiger partial charge on any atom is -0.381 e. The molecule has 1 fully saturated rings. The third kappa shape index (κ3) is 4.63. The SMILES string of the molecule is CC(NC(=O)NCC1(c2ccccc2)CCOCC1)c1ccc(F)cc1F. The molecular weight excluding hydrogens is 350 g/mol. The summed E-state index contributed by atoms with van der Waals surface area (Å²) in [5.41, 5.74) is 1.24. The highest BCUT2D eigenvalue weighted by Gasteiger charge is 2.34. The molecule has 6 heteroatoms. The van der Waals surface area contributed by atoms with Crippen LogP contribution in [-0.2, 0) is 10.2 Å². The molecule has 0 saturated carbocycles. The van der Waals surface area contributed by atoms with Gasteiger partial charge in [-0.1, -0.05) is 36.4 Å². The third-order valence-electron chi connectivity index (χ3n) is 5.20. The van der Waals surface area contributed by atoms with E-state index in [4.69, 9.17) is 4.74 Å². The zero-order valence-corrected chi connectivity index (χ0v) is 15.3.